The molecule has 1 aliphatic rings. The standard InChI is InChI=1S/C12H24N2/c1-4-8-14(5-2)10-11(3)9-13-12-6-7-12/h4,11-13H,1,5-10H2,2-3H3. The van der Waals surface area contributed by atoms with Gasteiger partial charge < -0.3 is 5.32 Å². The van der Waals surface area contributed by atoms with E-state index in [0.717, 1.165) is 31.6 Å². The zero-order chi connectivity index (χ0) is 10.4. The smallest absolute Gasteiger partial charge is 0.0160 e. The van der Waals surface area contributed by atoms with Crippen LogP contribution in [0.2, 0.25) is 0 Å². The van der Waals surface area contributed by atoms with Crippen molar-refractivity contribution in [2.75, 3.05) is 26.2 Å². The summed E-state index contributed by atoms with van der Waals surface area (Å²) in [6.45, 7) is 12.8. The van der Waals surface area contributed by atoms with Crippen LogP contribution in [0.25, 0.3) is 0 Å². The van der Waals surface area contributed by atoms with E-state index in [1.807, 2.05) is 6.08 Å². The Bertz CT molecular complexity index is 164. The summed E-state index contributed by atoms with van der Waals surface area (Å²) in [5, 5.41) is 3.58. The lowest BCUT2D eigenvalue weighted by Crippen LogP contribution is -2.34. The molecule has 1 aliphatic carbocycles. The molecule has 1 saturated carbocycles. The second-order valence-electron chi connectivity index (χ2n) is 4.43. The van der Waals surface area contributed by atoms with Gasteiger partial charge in [0.05, 0.1) is 0 Å². The molecule has 0 bridgehead atoms. The number of rotatable bonds is 8. The van der Waals surface area contributed by atoms with Gasteiger partial charge in [0.15, 0.2) is 0 Å². The first kappa shape index (κ1) is 11.7. The second-order valence-corrected chi connectivity index (χ2v) is 4.43. The fourth-order valence-electron chi connectivity index (χ4n) is 1.68. The Kier molecular flexibility index (Phi) is 5.20. The topological polar surface area (TPSA) is 15.3 Å². The highest BCUT2D eigenvalue weighted by Gasteiger charge is 2.21. The minimum absolute atomic E-state index is 0.746. The van der Waals surface area contributed by atoms with E-state index in [1.165, 1.54) is 19.4 Å². The van der Waals surface area contributed by atoms with Crippen LogP contribution >= 0.6 is 0 Å². The quantitative estimate of drug-likeness (QED) is 0.596. The summed E-state index contributed by atoms with van der Waals surface area (Å²) in [7, 11) is 0. The molecule has 14 heavy (non-hydrogen) atoms. The average molecular weight is 196 g/mol. The van der Waals surface area contributed by atoms with Gasteiger partial charge >= 0.3 is 0 Å². The lowest BCUT2D eigenvalue weighted by molar-refractivity contribution is 0.268. The summed E-state index contributed by atoms with van der Waals surface area (Å²) in [6, 6.07) is 0.840. The van der Waals surface area contributed by atoms with Crippen molar-refractivity contribution in [3.8, 4) is 0 Å². The van der Waals surface area contributed by atoms with E-state index >= 15 is 0 Å². The van der Waals surface area contributed by atoms with Crippen molar-refractivity contribution in [3.05, 3.63) is 12.7 Å². The monoisotopic (exact) mass is 196 g/mol. The van der Waals surface area contributed by atoms with Gasteiger partial charge in [-0.1, -0.05) is 19.9 Å². The second kappa shape index (κ2) is 6.20. The third kappa shape index (κ3) is 4.77. The van der Waals surface area contributed by atoms with E-state index in [9.17, 15) is 0 Å². The van der Waals surface area contributed by atoms with Gasteiger partial charge in [-0.25, -0.2) is 0 Å². The molecule has 1 unspecified atom stereocenters. The molecule has 1 atom stereocenters. The fourth-order valence-corrected chi connectivity index (χ4v) is 1.68. The summed E-state index contributed by atoms with van der Waals surface area (Å²) in [5.74, 6) is 0.746. The van der Waals surface area contributed by atoms with Crippen LogP contribution in [0.3, 0.4) is 0 Å². The van der Waals surface area contributed by atoms with E-state index in [0.29, 0.717) is 0 Å². The number of likely N-dealkylation sites (N-methyl/N-ethyl adjacent to an activating group) is 1. The maximum Gasteiger partial charge on any atom is 0.0160 e. The Balaban J connectivity index is 2.08. The van der Waals surface area contributed by atoms with Gasteiger partial charge in [0.25, 0.3) is 0 Å². The number of nitrogens with one attached hydrogen (secondary N) is 1. The molecule has 1 fully saturated rings. The van der Waals surface area contributed by atoms with Gasteiger partial charge in [0.1, 0.15) is 0 Å². The molecule has 0 aromatic heterocycles. The summed E-state index contributed by atoms with van der Waals surface area (Å²) >= 11 is 0. The first-order valence-corrected chi connectivity index (χ1v) is 5.82. The van der Waals surface area contributed by atoms with Crippen molar-refractivity contribution < 1.29 is 0 Å². The zero-order valence-corrected chi connectivity index (χ0v) is 9.63. The Morgan fingerprint density at radius 1 is 1.57 bits per heavy atom. The Hall–Kier alpha value is -0.340. The number of nitrogens with zero attached hydrogens (tertiary/aromatic N) is 1. The van der Waals surface area contributed by atoms with Gasteiger partial charge in [0, 0.05) is 19.1 Å². The summed E-state index contributed by atoms with van der Waals surface area (Å²) < 4.78 is 0. The summed E-state index contributed by atoms with van der Waals surface area (Å²) in [5.41, 5.74) is 0. The Morgan fingerprint density at radius 3 is 2.79 bits per heavy atom. The highest BCUT2D eigenvalue weighted by atomic mass is 15.1. The molecular formula is C12H24N2. The van der Waals surface area contributed by atoms with Crippen molar-refractivity contribution in [3.63, 3.8) is 0 Å². The van der Waals surface area contributed by atoms with E-state index in [2.05, 4.69) is 30.6 Å². The summed E-state index contributed by atoms with van der Waals surface area (Å²) in [4.78, 5) is 2.44. The summed E-state index contributed by atoms with van der Waals surface area (Å²) in [6.07, 6.45) is 4.76. The molecule has 0 aliphatic heterocycles. The van der Waals surface area contributed by atoms with Crippen LogP contribution < -0.4 is 5.32 Å². The molecule has 0 saturated heterocycles. The lowest BCUT2D eigenvalue weighted by Gasteiger charge is -2.23. The van der Waals surface area contributed by atoms with Gasteiger partial charge in [-0.3, -0.25) is 4.90 Å². The van der Waals surface area contributed by atoms with Crippen LogP contribution in [0.5, 0.6) is 0 Å². The Labute approximate surface area is 88.4 Å². The third-order valence-electron chi connectivity index (χ3n) is 2.74. The van der Waals surface area contributed by atoms with E-state index in [-0.39, 0.29) is 0 Å². The van der Waals surface area contributed by atoms with E-state index < -0.39 is 0 Å². The third-order valence-corrected chi connectivity index (χ3v) is 2.74. The first-order chi connectivity index (χ1) is 6.76. The van der Waals surface area contributed by atoms with Crippen molar-refractivity contribution in [1.29, 1.82) is 0 Å². The largest absolute Gasteiger partial charge is 0.314 e. The molecule has 0 aromatic carbocycles. The maximum atomic E-state index is 3.78. The minimum Gasteiger partial charge on any atom is -0.314 e. The van der Waals surface area contributed by atoms with Gasteiger partial charge in [0.2, 0.25) is 0 Å². The zero-order valence-electron chi connectivity index (χ0n) is 9.63. The molecule has 82 valence electrons. The first-order valence-electron chi connectivity index (χ1n) is 5.82. The predicted molar refractivity (Wildman–Crippen MR) is 62.5 cm³/mol. The van der Waals surface area contributed by atoms with Gasteiger partial charge in [-0.2, -0.15) is 0 Å². The molecule has 1 N–H and O–H groups in total. The molecule has 2 heteroatoms. The van der Waals surface area contributed by atoms with Crippen molar-refractivity contribution >= 4 is 0 Å². The van der Waals surface area contributed by atoms with Crippen molar-refractivity contribution in [2.45, 2.75) is 32.7 Å². The minimum atomic E-state index is 0.746. The van der Waals surface area contributed by atoms with Crippen LogP contribution in [0.1, 0.15) is 26.7 Å². The Morgan fingerprint density at radius 2 is 2.29 bits per heavy atom. The van der Waals surface area contributed by atoms with Gasteiger partial charge in [-0.05, 0) is 31.8 Å². The van der Waals surface area contributed by atoms with E-state index in [1.54, 1.807) is 0 Å². The van der Waals surface area contributed by atoms with Gasteiger partial charge in [-0.15, -0.1) is 6.58 Å². The SMILES string of the molecule is C=CCN(CC)CC(C)CNC1CC1. The molecule has 1 rings (SSSR count). The van der Waals surface area contributed by atoms with Crippen LogP contribution in [0.4, 0.5) is 0 Å². The molecule has 0 heterocycles. The maximum absolute atomic E-state index is 3.78. The fraction of sp³-hybridized carbons (Fsp3) is 0.833. The molecule has 0 aromatic rings. The molecule has 0 radical (unpaired) electrons. The average Bonchev–Trinajstić information content (AvgIpc) is 2.97. The normalized spacial score (nSPS) is 18.5. The van der Waals surface area contributed by atoms with Crippen LogP contribution in [0.15, 0.2) is 12.7 Å². The lowest BCUT2D eigenvalue weighted by atomic mass is 10.1. The highest BCUT2D eigenvalue weighted by Crippen LogP contribution is 2.18. The molecule has 0 amide bonds. The van der Waals surface area contributed by atoms with Crippen LogP contribution in [0, 0.1) is 5.92 Å². The highest BCUT2D eigenvalue weighted by molar-refractivity contribution is 4.82. The van der Waals surface area contributed by atoms with Crippen LogP contribution in [-0.4, -0.2) is 37.1 Å². The molecule has 0 spiro atoms. The number of hydrogen-bond donors (Lipinski definition) is 1. The number of hydrogen-bond acceptors (Lipinski definition) is 2. The van der Waals surface area contributed by atoms with Crippen molar-refractivity contribution in [1.82, 2.24) is 10.2 Å². The molecular weight excluding hydrogens is 172 g/mol. The predicted octanol–water partition coefficient (Wildman–Crippen LogP) is 1.88. The van der Waals surface area contributed by atoms with Crippen LogP contribution in [-0.2, 0) is 0 Å². The van der Waals surface area contributed by atoms with E-state index in [4.69, 9.17) is 0 Å². The molecule has 2 nitrogen and oxygen atoms in total. The van der Waals surface area contributed by atoms with Crippen molar-refractivity contribution in [2.24, 2.45) is 5.92 Å².